The Labute approximate surface area is 162 Å². The van der Waals surface area contributed by atoms with Crippen molar-refractivity contribution in [2.75, 3.05) is 31.1 Å². The number of carbonyl (C=O) groups excluding carboxylic acids is 1. The fourth-order valence-electron chi connectivity index (χ4n) is 3.01. The van der Waals surface area contributed by atoms with Crippen molar-refractivity contribution < 1.29 is 9.90 Å². The number of nitrogens with zero attached hydrogens (tertiary/aromatic N) is 5. The molecule has 27 heavy (non-hydrogen) atoms. The van der Waals surface area contributed by atoms with Gasteiger partial charge in [-0.05, 0) is 23.8 Å². The molecule has 1 aromatic carbocycles. The van der Waals surface area contributed by atoms with Crippen LogP contribution in [0.4, 0.5) is 5.82 Å². The van der Waals surface area contributed by atoms with Crippen molar-refractivity contribution in [1.29, 1.82) is 5.26 Å². The summed E-state index contributed by atoms with van der Waals surface area (Å²) in [7, 11) is 0. The minimum atomic E-state index is -0.399. The third-order valence-corrected chi connectivity index (χ3v) is 4.56. The third kappa shape index (κ3) is 4.42. The van der Waals surface area contributed by atoms with E-state index in [0.29, 0.717) is 30.5 Å². The first-order valence-electron chi connectivity index (χ1n) is 8.43. The zero-order chi connectivity index (χ0) is 19.2. The Bertz CT molecular complexity index is 896. The van der Waals surface area contributed by atoms with Crippen molar-refractivity contribution in [3.8, 4) is 6.07 Å². The minimum absolute atomic E-state index is 0.185. The molecule has 0 bridgehead atoms. The number of rotatable bonds is 4. The molecule has 1 atom stereocenters. The van der Waals surface area contributed by atoms with Gasteiger partial charge in [-0.1, -0.05) is 23.7 Å². The van der Waals surface area contributed by atoms with E-state index in [4.69, 9.17) is 11.6 Å². The Kier molecular flexibility index (Phi) is 6.01. The van der Waals surface area contributed by atoms with Gasteiger partial charge in [0.2, 0.25) is 5.91 Å². The second-order valence-corrected chi connectivity index (χ2v) is 6.48. The molecular weight excluding hydrogens is 366 g/mol. The molecule has 7 nitrogen and oxygen atoms in total. The van der Waals surface area contributed by atoms with Crippen molar-refractivity contribution in [2.24, 2.45) is 0 Å². The summed E-state index contributed by atoms with van der Waals surface area (Å²) in [4.78, 5) is 24.3. The number of aromatic nitrogens is 2. The minimum Gasteiger partial charge on any atom is -0.394 e. The Hall–Kier alpha value is -2.95. The van der Waals surface area contributed by atoms with Gasteiger partial charge in [-0.3, -0.25) is 4.79 Å². The van der Waals surface area contributed by atoms with Crippen LogP contribution in [0.2, 0.25) is 5.02 Å². The van der Waals surface area contributed by atoms with Crippen LogP contribution in [0.25, 0.3) is 6.08 Å². The summed E-state index contributed by atoms with van der Waals surface area (Å²) in [5, 5.41) is 19.6. The van der Waals surface area contributed by atoms with Crippen LogP contribution in [-0.2, 0) is 4.79 Å². The maximum Gasteiger partial charge on any atom is 0.247 e. The van der Waals surface area contributed by atoms with Crippen LogP contribution in [0, 0.1) is 11.3 Å². The molecular formula is C19H18ClN5O2. The molecule has 3 rings (SSSR count). The average Bonchev–Trinajstić information content (AvgIpc) is 2.71. The summed E-state index contributed by atoms with van der Waals surface area (Å²) >= 11 is 5.95. The zero-order valence-corrected chi connectivity index (χ0v) is 15.3. The third-order valence-electron chi connectivity index (χ3n) is 4.33. The number of carbonyl (C=O) groups is 1. The molecule has 1 saturated heterocycles. The highest BCUT2D eigenvalue weighted by Crippen LogP contribution is 2.20. The topological polar surface area (TPSA) is 93.4 Å². The number of benzene rings is 1. The van der Waals surface area contributed by atoms with Gasteiger partial charge >= 0.3 is 0 Å². The molecule has 1 fully saturated rings. The number of amides is 1. The Balaban J connectivity index is 1.71. The number of nitriles is 1. The zero-order valence-electron chi connectivity index (χ0n) is 14.5. The van der Waals surface area contributed by atoms with E-state index in [0.717, 1.165) is 5.56 Å². The molecule has 1 aromatic heterocycles. The fourth-order valence-corrected chi connectivity index (χ4v) is 3.21. The summed E-state index contributed by atoms with van der Waals surface area (Å²) < 4.78 is 0. The lowest BCUT2D eigenvalue weighted by molar-refractivity contribution is -0.129. The second kappa shape index (κ2) is 8.62. The largest absolute Gasteiger partial charge is 0.394 e. The monoisotopic (exact) mass is 383 g/mol. The van der Waals surface area contributed by atoms with Crippen molar-refractivity contribution in [3.05, 3.63) is 59.0 Å². The van der Waals surface area contributed by atoms with Crippen LogP contribution in [0.1, 0.15) is 11.3 Å². The number of hydrogen-bond donors (Lipinski definition) is 1. The molecule has 1 aliphatic heterocycles. The van der Waals surface area contributed by atoms with E-state index in [-0.39, 0.29) is 18.2 Å². The molecule has 138 valence electrons. The highest BCUT2D eigenvalue weighted by Gasteiger charge is 2.30. The number of piperazine rings is 1. The van der Waals surface area contributed by atoms with Gasteiger partial charge < -0.3 is 14.9 Å². The van der Waals surface area contributed by atoms with Gasteiger partial charge in [-0.25, -0.2) is 9.97 Å². The van der Waals surface area contributed by atoms with Crippen molar-refractivity contribution in [3.63, 3.8) is 0 Å². The number of anilines is 1. The molecule has 0 radical (unpaired) electrons. The van der Waals surface area contributed by atoms with E-state index in [2.05, 4.69) is 9.97 Å². The smallest absolute Gasteiger partial charge is 0.247 e. The lowest BCUT2D eigenvalue weighted by atomic mass is 10.1. The maximum absolute atomic E-state index is 12.6. The van der Waals surface area contributed by atoms with Crippen molar-refractivity contribution >= 4 is 29.4 Å². The normalized spacial score (nSPS) is 17.1. The predicted molar refractivity (Wildman–Crippen MR) is 102 cm³/mol. The summed E-state index contributed by atoms with van der Waals surface area (Å²) in [6.07, 6.45) is 6.17. The highest BCUT2D eigenvalue weighted by atomic mass is 35.5. The van der Waals surface area contributed by atoms with Gasteiger partial charge in [0.1, 0.15) is 6.07 Å². The van der Waals surface area contributed by atoms with Gasteiger partial charge in [0.25, 0.3) is 0 Å². The van der Waals surface area contributed by atoms with Gasteiger partial charge in [0.05, 0.1) is 12.6 Å². The predicted octanol–water partition coefficient (Wildman–Crippen LogP) is 1.72. The van der Waals surface area contributed by atoms with Gasteiger partial charge in [-0.2, -0.15) is 5.26 Å². The second-order valence-electron chi connectivity index (χ2n) is 6.04. The van der Waals surface area contributed by atoms with E-state index in [9.17, 15) is 15.2 Å². The summed E-state index contributed by atoms with van der Waals surface area (Å²) in [6, 6.07) is 8.83. The summed E-state index contributed by atoms with van der Waals surface area (Å²) in [5.74, 6) is 0.286. The standard InChI is InChI=1S/C19H18ClN5O2/c20-15-3-1-2-14(10-15)4-5-18(27)25-9-8-24(12-16(25)13-26)19-17(11-21)22-6-7-23-19/h1-7,10,16,26H,8-9,12-13H2/b5-4+. The Morgan fingerprint density at radius 2 is 2.19 bits per heavy atom. The van der Waals surface area contributed by atoms with Crippen LogP contribution in [0.15, 0.2) is 42.7 Å². The first kappa shape index (κ1) is 18.8. The van der Waals surface area contributed by atoms with Crippen molar-refractivity contribution in [1.82, 2.24) is 14.9 Å². The van der Waals surface area contributed by atoms with Gasteiger partial charge in [-0.15, -0.1) is 0 Å². The Morgan fingerprint density at radius 1 is 1.37 bits per heavy atom. The summed E-state index contributed by atoms with van der Waals surface area (Å²) in [5.41, 5.74) is 1.06. The molecule has 2 aromatic rings. The molecule has 0 saturated carbocycles. The lowest BCUT2D eigenvalue weighted by Gasteiger charge is -2.40. The van der Waals surface area contributed by atoms with E-state index in [1.165, 1.54) is 18.5 Å². The molecule has 1 N–H and O–H groups in total. The maximum atomic E-state index is 12.6. The molecule has 1 aliphatic rings. The van der Waals surface area contributed by atoms with Crippen LogP contribution in [-0.4, -0.2) is 58.2 Å². The highest BCUT2D eigenvalue weighted by molar-refractivity contribution is 6.30. The van der Waals surface area contributed by atoms with E-state index >= 15 is 0 Å². The first-order valence-corrected chi connectivity index (χ1v) is 8.81. The molecule has 8 heteroatoms. The summed E-state index contributed by atoms with van der Waals surface area (Å²) in [6.45, 7) is 1.10. The van der Waals surface area contributed by atoms with Crippen LogP contribution >= 0.6 is 11.6 Å². The van der Waals surface area contributed by atoms with Crippen LogP contribution in [0.5, 0.6) is 0 Å². The van der Waals surface area contributed by atoms with E-state index < -0.39 is 6.04 Å². The SMILES string of the molecule is N#Cc1nccnc1N1CCN(C(=O)/C=C/c2cccc(Cl)c2)C(CO)C1. The van der Waals surface area contributed by atoms with Gasteiger partial charge in [0.15, 0.2) is 11.5 Å². The molecule has 1 unspecified atom stereocenters. The number of hydrogen-bond acceptors (Lipinski definition) is 6. The number of aliphatic hydroxyl groups is 1. The Morgan fingerprint density at radius 3 is 2.93 bits per heavy atom. The molecule has 0 spiro atoms. The number of halogens is 1. The van der Waals surface area contributed by atoms with Crippen LogP contribution in [0.3, 0.4) is 0 Å². The quantitative estimate of drug-likeness (QED) is 0.808. The van der Waals surface area contributed by atoms with Gasteiger partial charge in [0, 0.05) is 43.1 Å². The fraction of sp³-hybridized carbons (Fsp3) is 0.263. The first-order chi connectivity index (χ1) is 13.1. The molecule has 1 amide bonds. The van der Waals surface area contributed by atoms with E-state index in [1.807, 2.05) is 23.1 Å². The molecule has 0 aliphatic carbocycles. The lowest BCUT2D eigenvalue weighted by Crippen LogP contribution is -2.56. The average molecular weight is 384 g/mol. The van der Waals surface area contributed by atoms with Crippen LogP contribution < -0.4 is 4.90 Å². The van der Waals surface area contributed by atoms with Crippen molar-refractivity contribution in [2.45, 2.75) is 6.04 Å². The molecule has 2 heterocycles. The number of aliphatic hydroxyl groups excluding tert-OH is 1. The van der Waals surface area contributed by atoms with E-state index in [1.54, 1.807) is 23.1 Å².